The van der Waals surface area contributed by atoms with E-state index in [9.17, 15) is 18.0 Å². The number of piperazine rings is 1. The van der Waals surface area contributed by atoms with E-state index in [1.807, 2.05) is 18.2 Å². The van der Waals surface area contributed by atoms with Crippen LogP contribution in [0.15, 0.2) is 66.7 Å². The number of aromatic nitrogens is 3. The van der Waals surface area contributed by atoms with Gasteiger partial charge in [0, 0.05) is 49.4 Å². The summed E-state index contributed by atoms with van der Waals surface area (Å²) in [5.74, 6) is -0.406. The molecule has 3 heterocycles. The Morgan fingerprint density at radius 2 is 1.63 bits per heavy atom. The molecule has 1 fully saturated rings. The zero-order valence-corrected chi connectivity index (χ0v) is 19.3. The molecule has 1 saturated heterocycles. The highest BCUT2D eigenvalue weighted by Gasteiger charge is 2.36. The number of carbonyl (C=O) groups excluding carboxylic acids is 1. The molecule has 2 aromatic carbocycles. The van der Waals surface area contributed by atoms with Gasteiger partial charge in [-0.05, 0) is 23.8 Å². The molecule has 1 aliphatic rings. The third-order valence-electron chi connectivity index (χ3n) is 5.99. The average Bonchev–Trinajstić information content (AvgIpc) is 3.28. The molecule has 35 heavy (non-hydrogen) atoms. The highest BCUT2D eigenvalue weighted by atomic mass is 35.5. The zero-order valence-electron chi connectivity index (χ0n) is 18.5. The molecule has 0 atom stereocenters. The van der Waals surface area contributed by atoms with Gasteiger partial charge in [0.05, 0.1) is 5.69 Å². The minimum Gasteiger partial charge on any atom is -0.335 e. The van der Waals surface area contributed by atoms with Crippen molar-refractivity contribution in [3.63, 3.8) is 0 Å². The van der Waals surface area contributed by atoms with Crippen LogP contribution in [-0.4, -0.2) is 56.5 Å². The van der Waals surface area contributed by atoms with E-state index < -0.39 is 17.8 Å². The van der Waals surface area contributed by atoms with Crippen LogP contribution < -0.4 is 0 Å². The maximum atomic E-state index is 13.9. The van der Waals surface area contributed by atoms with Crippen LogP contribution in [0.5, 0.6) is 0 Å². The summed E-state index contributed by atoms with van der Waals surface area (Å²) in [6.07, 6.45) is -4.68. The van der Waals surface area contributed by atoms with Gasteiger partial charge in [-0.1, -0.05) is 54.1 Å². The first-order valence-corrected chi connectivity index (χ1v) is 11.5. The maximum absolute atomic E-state index is 13.9. The van der Waals surface area contributed by atoms with Crippen molar-refractivity contribution >= 4 is 23.2 Å². The molecule has 6 nitrogen and oxygen atoms in total. The van der Waals surface area contributed by atoms with Crippen LogP contribution in [0.1, 0.15) is 21.7 Å². The van der Waals surface area contributed by atoms with Crippen molar-refractivity contribution in [2.45, 2.75) is 12.7 Å². The fourth-order valence-electron chi connectivity index (χ4n) is 4.16. The lowest BCUT2D eigenvalue weighted by Crippen LogP contribution is -2.48. The number of amides is 1. The van der Waals surface area contributed by atoms with Crippen LogP contribution in [0.4, 0.5) is 13.2 Å². The summed E-state index contributed by atoms with van der Waals surface area (Å²) in [5, 5.41) is 4.46. The molecular formula is C25H21ClF3N5O. The van der Waals surface area contributed by atoms with Crippen molar-refractivity contribution in [3.8, 4) is 11.3 Å². The summed E-state index contributed by atoms with van der Waals surface area (Å²) in [6, 6.07) is 18.6. The van der Waals surface area contributed by atoms with Crippen LogP contribution in [0.3, 0.4) is 0 Å². The predicted octanol–water partition coefficient (Wildman–Crippen LogP) is 5.03. The van der Waals surface area contributed by atoms with E-state index in [0.29, 0.717) is 41.3 Å². The number of rotatable bonds is 4. The van der Waals surface area contributed by atoms with E-state index in [-0.39, 0.29) is 17.0 Å². The molecule has 0 bridgehead atoms. The topological polar surface area (TPSA) is 53.7 Å². The third kappa shape index (κ3) is 5.01. The number of hydrogen-bond donors (Lipinski definition) is 0. The molecule has 4 aromatic rings. The van der Waals surface area contributed by atoms with Gasteiger partial charge in [0.15, 0.2) is 17.0 Å². The summed E-state index contributed by atoms with van der Waals surface area (Å²) in [5.41, 5.74) is 0.679. The molecule has 0 radical (unpaired) electrons. The second-order valence-electron chi connectivity index (χ2n) is 8.38. The zero-order chi connectivity index (χ0) is 24.6. The number of fused-ring (bicyclic) bond motifs is 1. The first-order valence-electron chi connectivity index (χ1n) is 11.1. The van der Waals surface area contributed by atoms with E-state index in [1.54, 1.807) is 29.2 Å². The van der Waals surface area contributed by atoms with Gasteiger partial charge in [0.1, 0.15) is 0 Å². The van der Waals surface area contributed by atoms with Gasteiger partial charge in [0.2, 0.25) is 0 Å². The molecule has 0 N–H and O–H groups in total. The van der Waals surface area contributed by atoms with Crippen molar-refractivity contribution in [3.05, 3.63) is 88.7 Å². The summed E-state index contributed by atoms with van der Waals surface area (Å²) >= 11 is 5.90. The average molecular weight is 500 g/mol. The quantitative estimate of drug-likeness (QED) is 0.395. The predicted molar refractivity (Wildman–Crippen MR) is 126 cm³/mol. The number of nitrogens with zero attached hydrogens (tertiary/aromatic N) is 5. The van der Waals surface area contributed by atoms with Gasteiger partial charge < -0.3 is 4.90 Å². The third-order valence-corrected chi connectivity index (χ3v) is 6.24. The molecule has 5 rings (SSSR count). The first kappa shape index (κ1) is 23.3. The van der Waals surface area contributed by atoms with E-state index in [0.717, 1.165) is 12.6 Å². The molecule has 0 saturated carbocycles. The molecule has 0 unspecified atom stereocenters. The fourth-order valence-corrected chi connectivity index (χ4v) is 4.29. The Bertz CT molecular complexity index is 1350. The first-order chi connectivity index (χ1) is 16.8. The van der Waals surface area contributed by atoms with Gasteiger partial charge in [-0.2, -0.15) is 18.3 Å². The maximum Gasteiger partial charge on any atom is 0.433 e. The Kier molecular flexibility index (Phi) is 6.21. The minimum atomic E-state index is -4.68. The van der Waals surface area contributed by atoms with Gasteiger partial charge >= 0.3 is 6.18 Å². The Morgan fingerprint density at radius 3 is 2.29 bits per heavy atom. The molecule has 1 aliphatic heterocycles. The highest BCUT2D eigenvalue weighted by molar-refractivity contribution is 6.30. The largest absolute Gasteiger partial charge is 0.433 e. The number of benzene rings is 2. The molecule has 0 aliphatic carbocycles. The number of carbonyl (C=O) groups is 1. The van der Waals surface area contributed by atoms with E-state index >= 15 is 0 Å². The fraction of sp³-hybridized carbons (Fsp3) is 0.240. The SMILES string of the molecule is O=C(c1cc2nc(-c3ccc(Cl)cc3)cc(C(F)(F)F)n2n1)N1CCN(Cc2ccccc2)CC1. The second kappa shape index (κ2) is 9.31. The monoisotopic (exact) mass is 499 g/mol. The molecule has 180 valence electrons. The second-order valence-corrected chi connectivity index (χ2v) is 8.82. The van der Waals surface area contributed by atoms with Gasteiger partial charge in [-0.25, -0.2) is 9.50 Å². The summed E-state index contributed by atoms with van der Waals surface area (Å²) in [7, 11) is 0. The van der Waals surface area contributed by atoms with E-state index in [4.69, 9.17) is 11.6 Å². The van der Waals surface area contributed by atoms with E-state index in [2.05, 4.69) is 27.1 Å². The number of halogens is 4. The van der Waals surface area contributed by atoms with Crippen molar-refractivity contribution in [1.29, 1.82) is 0 Å². The van der Waals surface area contributed by atoms with Gasteiger partial charge in [-0.3, -0.25) is 9.69 Å². The lowest BCUT2D eigenvalue weighted by molar-refractivity contribution is -0.142. The van der Waals surface area contributed by atoms with Crippen LogP contribution in [0.2, 0.25) is 5.02 Å². The van der Waals surface area contributed by atoms with Crippen molar-refractivity contribution in [2.24, 2.45) is 0 Å². The Morgan fingerprint density at radius 1 is 0.943 bits per heavy atom. The standard InChI is InChI=1S/C25H21ClF3N5O/c26-19-8-6-18(7-9-19)20-14-22(25(27,28)29)34-23(30-20)15-21(31-34)24(35)33-12-10-32(11-13-33)16-17-4-2-1-3-5-17/h1-9,14-15H,10-13,16H2. The molecule has 0 spiro atoms. The lowest BCUT2D eigenvalue weighted by atomic mass is 10.1. The molecular weight excluding hydrogens is 479 g/mol. The number of alkyl halides is 3. The normalized spacial score (nSPS) is 15.0. The van der Waals surface area contributed by atoms with E-state index in [1.165, 1.54) is 11.6 Å². The Balaban J connectivity index is 1.39. The van der Waals surface area contributed by atoms with Crippen molar-refractivity contribution in [1.82, 2.24) is 24.4 Å². The lowest BCUT2D eigenvalue weighted by Gasteiger charge is -2.34. The van der Waals surface area contributed by atoms with Crippen molar-refractivity contribution < 1.29 is 18.0 Å². The van der Waals surface area contributed by atoms with Crippen molar-refractivity contribution in [2.75, 3.05) is 26.2 Å². The van der Waals surface area contributed by atoms with Gasteiger partial charge in [-0.15, -0.1) is 0 Å². The summed E-state index contributed by atoms with van der Waals surface area (Å²) in [6.45, 7) is 3.05. The molecule has 10 heteroatoms. The van der Waals surface area contributed by atoms with Crippen LogP contribution in [-0.2, 0) is 12.7 Å². The Labute approximate surface area is 204 Å². The Hall–Kier alpha value is -3.43. The highest BCUT2D eigenvalue weighted by Crippen LogP contribution is 2.32. The minimum absolute atomic E-state index is 0.0455. The van der Waals surface area contributed by atoms with Crippen LogP contribution in [0.25, 0.3) is 16.9 Å². The smallest absolute Gasteiger partial charge is 0.335 e. The molecule has 1 amide bonds. The summed E-state index contributed by atoms with van der Waals surface area (Å²) in [4.78, 5) is 21.3. The number of hydrogen-bond acceptors (Lipinski definition) is 4. The molecule has 2 aromatic heterocycles. The summed E-state index contributed by atoms with van der Waals surface area (Å²) < 4.78 is 42.3. The van der Waals surface area contributed by atoms with Crippen LogP contribution in [0, 0.1) is 0 Å². The van der Waals surface area contributed by atoms with Crippen LogP contribution >= 0.6 is 11.6 Å². The van der Waals surface area contributed by atoms with Gasteiger partial charge in [0.25, 0.3) is 5.91 Å².